The lowest BCUT2D eigenvalue weighted by Crippen LogP contribution is -2.52. The standard InChI is InChI=1S/C34H42ClN3O4S/c1-26-20-21-29(35)24-31(26)38(43(2,41)42)22-12-19-33(39)37(25-28-15-8-4-9-16-28)32(23-27-13-6-3-7-14-27)34(40)36-30-17-10-5-11-18-30/h3-4,6-9,13-16,20-21,24,30,32H,5,10-12,17-19,22-23,25H2,1-2H3,(H,36,40)/t32-/m0/s1. The van der Waals surface area contributed by atoms with E-state index in [0.29, 0.717) is 17.1 Å². The van der Waals surface area contributed by atoms with Crippen LogP contribution in [0.5, 0.6) is 0 Å². The third-order valence-electron chi connectivity index (χ3n) is 8.01. The van der Waals surface area contributed by atoms with Crippen LogP contribution < -0.4 is 9.62 Å². The fraction of sp³-hybridized carbons (Fsp3) is 0.412. The smallest absolute Gasteiger partial charge is 0.243 e. The maximum atomic E-state index is 14.0. The molecule has 1 aliphatic carbocycles. The molecule has 1 atom stereocenters. The van der Waals surface area contributed by atoms with E-state index in [9.17, 15) is 18.0 Å². The zero-order valence-electron chi connectivity index (χ0n) is 25.0. The summed E-state index contributed by atoms with van der Waals surface area (Å²) < 4.78 is 26.8. The van der Waals surface area contributed by atoms with Gasteiger partial charge in [0.1, 0.15) is 6.04 Å². The first-order chi connectivity index (χ1) is 20.6. The van der Waals surface area contributed by atoms with Gasteiger partial charge < -0.3 is 10.2 Å². The summed E-state index contributed by atoms with van der Waals surface area (Å²) in [6.07, 6.45) is 7.15. The van der Waals surface area contributed by atoms with Gasteiger partial charge in [0.15, 0.2) is 0 Å². The van der Waals surface area contributed by atoms with E-state index in [2.05, 4.69) is 5.32 Å². The van der Waals surface area contributed by atoms with Gasteiger partial charge in [0.05, 0.1) is 11.9 Å². The molecule has 0 saturated heterocycles. The highest BCUT2D eigenvalue weighted by Gasteiger charge is 2.32. The highest BCUT2D eigenvalue weighted by molar-refractivity contribution is 7.92. The molecule has 1 N–H and O–H groups in total. The average molecular weight is 624 g/mol. The first-order valence-electron chi connectivity index (χ1n) is 15.0. The molecule has 0 radical (unpaired) electrons. The van der Waals surface area contributed by atoms with Crippen molar-refractivity contribution in [3.63, 3.8) is 0 Å². The van der Waals surface area contributed by atoms with Crippen LogP contribution >= 0.6 is 11.6 Å². The van der Waals surface area contributed by atoms with Crippen molar-refractivity contribution in [2.45, 2.75) is 76.9 Å². The number of halogens is 1. The number of amides is 2. The number of nitrogens with zero attached hydrogens (tertiary/aromatic N) is 2. The van der Waals surface area contributed by atoms with Crippen molar-refractivity contribution in [3.05, 3.63) is 101 Å². The van der Waals surface area contributed by atoms with Crippen LogP contribution in [0, 0.1) is 6.92 Å². The highest BCUT2D eigenvalue weighted by atomic mass is 35.5. The SMILES string of the molecule is Cc1ccc(Cl)cc1N(CCCC(=O)N(Cc1ccccc1)[C@@H](Cc1ccccc1)C(=O)NC1CCCCC1)S(C)(=O)=O. The summed E-state index contributed by atoms with van der Waals surface area (Å²) in [5, 5.41) is 3.69. The van der Waals surface area contributed by atoms with E-state index in [0.717, 1.165) is 48.6 Å². The van der Waals surface area contributed by atoms with E-state index >= 15 is 0 Å². The van der Waals surface area contributed by atoms with Crippen LogP contribution in [0.15, 0.2) is 78.9 Å². The Morgan fingerprint density at radius 2 is 1.56 bits per heavy atom. The Balaban J connectivity index is 1.58. The molecule has 1 saturated carbocycles. The summed E-state index contributed by atoms with van der Waals surface area (Å²) in [7, 11) is -3.63. The summed E-state index contributed by atoms with van der Waals surface area (Å²) in [5.74, 6) is -0.341. The van der Waals surface area contributed by atoms with E-state index in [1.54, 1.807) is 23.1 Å². The third kappa shape index (κ3) is 9.57. The van der Waals surface area contributed by atoms with E-state index in [-0.39, 0.29) is 43.8 Å². The fourth-order valence-corrected chi connectivity index (χ4v) is 6.89. The van der Waals surface area contributed by atoms with Crippen molar-refractivity contribution in [2.24, 2.45) is 0 Å². The maximum absolute atomic E-state index is 14.0. The molecule has 0 unspecified atom stereocenters. The minimum Gasteiger partial charge on any atom is -0.352 e. The molecular formula is C34H42ClN3O4S. The van der Waals surface area contributed by atoms with Crippen LogP contribution in [0.25, 0.3) is 0 Å². The van der Waals surface area contributed by atoms with Crippen molar-refractivity contribution in [2.75, 3.05) is 17.1 Å². The van der Waals surface area contributed by atoms with Crippen LogP contribution in [-0.4, -0.2) is 50.0 Å². The molecule has 0 bridgehead atoms. The quantitative estimate of drug-likeness (QED) is 0.243. The molecule has 3 aromatic rings. The molecule has 0 aromatic heterocycles. The van der Waals surface area contributed by atoms with Crippen LogP contribution in [0.2, 0.25) is 5.02 Å². The van der Waals surface area contributed by atoms with Crippen molar-refractivity contribution in [1.82, 2.24) is 10.2 Å². The molecule has 0 spiro atoms. The second kappa shape index (κ2) is 15.4. The van der Waals surface area contributed by atoms with E-state index in [1.807, 2.05) is 67.6 Å². The van der Waals surface area contributed by atoms with Gasteiger partial charge in [-0.2, -0.15) is 0 Å². The molecular weight excluding hydrogens is 582 g/mol. The van der Waals surface area contributed by atoms with Crippen LogP contribution in [0.1, 0.15) is 61.6 Å². The van der Waals surface area contributed by atoms with E-state index in [4.69, 9.17) is 11.6 Å². The largest absolute Gasteiger partial charge is 0.352 e. The number of hydrogen-bond donors (Lipinski definition) is 1. The van der Waals surface area contributed by atoms with Crippen molar-refractivity contribution >= 4 is 39.1 Å². The molecule has 0 heterocycles. The monoisotopic (exact) mass is 623 g/mol. The second-order valence-corrected chi connectivity index (χ2v) is 13.8. The van der Waals surface area contributed by atoms with E-state index in [1.165, 1.54) is 10.7 Å². The summed E-state index contributed by atoms with van der Waals surface area (Å²) in [6.45, 7) is 2.22. The Kier molecular flexibility index (Phi) is 11.7. The number of sulfonamides is 1. The number of anilines is 1. The summed E-state index contributed by atoms with van der Waals surface area (Å²) in [6, 6.07) is 24.0. The molecule has 0 aliphatic heterocycles. The predicted molar refractivity (Wildman–Crippen MR) is 174 cm³/mol. The predicted octanol–water partition coefficient (Wildman–Crippen LogP) is 6.28. The number of hydrogen-bond acceptors (Lipinski definition) is 4. The van der Waals surface area contributed by atoms with Crippen LogP contribution in [-0.2, 0) is 32.6 Å². The van der Waals surface area contributed by atoms with Gasteiger partial charge in [-0.1, -0.05) is 97.6 Å². The first kappa shape index (κ1) is 32.6. The lowest BCUT2D eigenvalue weighted by molar-refractivity contribution is -0.141. The normalized spacial score (nSPS) is 14.6. The number of rotatable bonds is 13. The van der Waals surface area contributed by atoms with E-state index < -0.39 is 16.1 Å². The molecule has 9 heteroatoms. The second-order valence-electron chi connectivity index (χ2n) is 11.4. The van der Waals surface area contributed by atoms with Crippen molar-refractivity contribution in [1.29, 1.82) is 0 Å². The van der Waals surface area contributed by atoms with Gasteiger partial charge in [-0.05, 0) is 55.0 Å². The molecule has 3 aromatic carbocycles. The van der Waals surface area contributed by atoms with Gasteiger partial charge >= 0.3 is 0 Å². The fourth-order valence-electron chi connectivity index (χ4n) is 5.71. The zero-order valence-corrected chi connectivity index (χ0v) is 26.6. The molecule has 2 amide bonds. The number of nitrogens with one attached hydrogen (secondary N) is 1. The zero-order chi connectivity index (χ0) is 30.8. The van der Waals surface area contributed by atoms with Gasteiger partial charge in [-0.3, -0.25) is 13.9 Å². The van der Waals surface area contributed by atoms with Gasteiger partial charge in [0.2, 0.25) is 21.8 Å². The number of carbonyl (C=O) groups excluding carboxylic acids is 2. The van der Waals surface area contributed by atoms with Gasteiger partial charge in [-0.15, -0.1) is 0 Å². The highest BCUT2D eigenvalue weighted by Crippen LogP contribution is 2.27. The molecule has 7 nitrogen and oxygen atoms in total. The third-order valence-corrected chi connectivity index (χ3v) is 9.43. The molecule has 230 valence electrons. The molecule has 1 aliphatic rings. The maximum Gasteiger partial charge on any atom is 0.243 e. The Morgan fingerprint density at radius 1 is 0.930 bits per heavy atom. The molecule has 1 fully saturated rings. The Hall–Kier alpha value is -3.36. The average Bonchev–Trinajstić information content (AvgIpc) is 2.99. The van der Waals surface area contributed by atoms with Crippen LogP contribution in [0.3, 0.4) is 0 Å². The lowest BCUT2D eigenvalue weighted by atomic mass is 9.94. The van der Waals surface area contributed by atoms with Gasteiger partial charge in [0.25, 0.3) is 0 Å². The summed E-state index contributed by atoms with van der Waals surface area (Å²) in [4.78, 5) is 29.6. The minimum absolute atomic E-state index is 0.0838. The van der Waals surface area contributed by atoms with Gasteiger partial charge in [0, 0.05) is 37.0 Å². The van der Waals surface area contributed by atoms with Crippen LogP contribution in [0.4, 0.5) is 5.69 Å². The first-order valence-corrected chi connectivity index (χ1v) is 17.3. The minimum atomic E-state index is -3.63. The topological polar surface area (TPSA) is 86.8 Å². The van der Waals surface area contributed by atoms with Crippen molar-refractivity contribution < 1.29 is 18.0 Å². The Bertz CT molecular complexity index is 1460. The Morgan fingerprint density at radius 3 is 2.19 bits per heavy atom. The lowest BCUT2D eigenvalue weighted by Gasteiger charge is -2.34. The summed E-state index contributed by atoms with van der Waals surface area (Å²) in [5.41, 5.74) is 3.16. The summed E-state index contributed by atoms with van der Waals surface area (Å²) >= 11 is 6.19. The number of aryl methyl sites for hydroxylation is 1. The number of benzene rings is 3. The molecule has 4 rings (SSSR count). The Labute approximate surface area is 261 Å². The number of carbonyl (C=O) groups is 2. The van der Waals surface area contributed by atoms with Crippen molar-refractivity contribution in [3.8, 4) is 0 Å². The van der Waals surface area contributed by atoms with Gasteiger partial charge in [-0.25, -0.2) is 8.42 Å². The molecule has 43 heavy (non-hydrogen) atoms.